The quantitative estimate of drug-likeness (QED) is 0.710. The van der Waals surface area contributed by atoms with Crippen LogP contribution in [0.25, 0.3) is 0 Å². The van der Waals surface area contributed by atoms with Crippen LogP contribution in [-0.2, 0) is 16.6 Å². The maximum atomic E-state index is 12.3. The van der Waals surface area contributed by atoms with Crippen molar-refractivity contribution in [3.05, 3.63) is 12.4 Å². The van der Waals surface area contributed by atoms with Crippen molar-refractivity contribution < 1.29 is 8.42 Å². The number of rotatable bonds is 8. The molecule has 1 saturated carbocycles. The average Bonchev–Trinajstić information content (AvgIpc) is 3.04. The summed E-state index contributed by atoms with van der Waals surface area (Å²) in [5.41, 5.74) is 0. The van der Waals surface area contributed by atoms with Crippen molar-refractivity contribution >= 4 is 10.0 Å². The number of hydrogen-bond acceptors (Lipinski definition) is 4. The van der Waals surface area contributed by atoms with Gasteiger partial charge in [0.2, 0.25) is 10.0 Å². The Morgan fingerprint density at radius 1 is 1.38 bits per heavy atom. The summed E-state index contributed by atoms with van der Waals surface area (Å²) in [6.07, 6.45) is 7.07. The van der Waals surface area contributed by atoms with Crippen molar-refractivity contribution in [3.63, 3.8) is 0 Å². The minimum absolute atomic E-state index is 0.0690. The fourth-order valence-electron chi connectivity index (χ4n) is 2.70. The lowest BCUT2D eigenvalue weighted by Gasteiger charge is -2.11. The second kappa shape index (κ2) is 7.38. The van der Waals surface area contributed by atoms with Crippen molar-refractivity contribution in [3.8, 4) is 0 Å². The third-order valence-corrected chi connectivity index (χ3v) is 5.36. The molecule has 0 bridgehead atoms. The van der Waals surface area contributed by atoms with Crippen molar-refractivity contribution in [2.75, 3.05) is 13.1 Å². The maximum absolute atomic E-state index is 12.3. The van der Waals surface area contributed by atoms with Gasteiger partial charge in [-0.1, -0.05) is 13.8 Å². The van der Waals surface area contributed by atoms with E-state index in [9.17, 15) is 8.42 Å². The van der Waals surface area contributed by atoms with Gasteiger partial charge in [0.25, 0.3) is 0 Å². The molecule has 2 atom stereocenters. The molecule has 1 heterocycles. The van der Waals surface area contributed by atoms with E-state index in [4.69, 9.17) is 0 Å². The minimum atomic E-state index is -3.44. The normalized spacial score (nSPS) is 22.8. The molecule has 1 aliphatic carbocycles. The molecule has 0 amide bonds. The summed E-state index contributed by atoms with van der Waals surface area (Å²) in [7, 11) is -3.44. The average molecular weight is 314 g/mol. The minimum Gasteiger partial charge on any atom is -0.315 e. The van der Waals surface area contributed by atoms with Gasteiger partial charge in [-0.2, -0.15) is 5.10 Å². The standard InChI is InChI=1S/C14H26N4O2S/c1-3-6-15-7-8-18-11-14(10-16-18)21(19,20)17-13-5-4-12(2)9-13/h10-13,15,17H,3-9H2,1-2H3. The van der Waals surface area contributed by atoms with Crippen LogP contribution in [0.2, 0.25) is 0 Å². The highest BCUT2D eigenvalue weighted by Gasteiger charge is 2.27. The molecule has 6 nitrogen and oxygen atoms in total. The molecule has 1 fully saturated rings. The highest BCUT2D eigenvalue weighted by atomic mass is 32.2. The molecule has 2 N–H and O–H groups in total. The van der Waals surface area contributed by atoms with E-state index in [-0.39, 0.29) is 10.9 Å². The van der Waals surface area contributed by atoms with Gasteiger partial charge in [0.05, 0.1) is 12.7 Å². The van der Waals surface area contributed by atoms with Crippen LogP contribution in [0.5, 0.6) is 0 Å². The topological polar surface area (TPSA) is 76.0 Å². The van der Waals surface area contributed by atoms with Crippen LogP contribution in [-0.4, -0.2) is 37.3 Å². The van der Waals surface area contributed by atoms with Gasteiger partial charge in [-0.3, -0.25) is 4.68 Å². The molecule has 21 heavy (non-hydrogen) atoms. The maximum Gasteiger partial charge on any atom is 0.243 e. The predicted molar refractivity (Wildman–Crippen MR) is 82.5 cm³/mol. The third-order valence-electron chi connectivity index (χ3n) is 3.88. The Bertz CT molecular complexity index is 541. The van der Waals surface area contributed by atoms with Crippen LogP contribution in [0.15, 0.2) is 17.3 Å². The van der Waals surface area contributed by atoms with E-state index in [0.717, 1.165) is 38.8 Å². The molecular weight excluding hydrogens is 288 g/mol. The number of hydrogen-bond donors (Lipinski definition) is 2. The number of aromatic nitrogens is 2. The second-order valence-corrected chi connectivity index (χ2v) is 7.64. The van der Waals surface area contributed by atoms with Gasteiger partial charge in [0.1, 0.15) is 4.90 Å². The van der Waals surface area contributed by atoms with Crippen molar-refractivity contribution in [2.45, 2.75) is 57.0 Å². The van der Waals surface area contributed by atoms with Gasteiger partial charge < -0.3 is 5.32 Å². The lowest BCUT2D eigenvalue weighted by atomic mass is 10.1. The van der Waals surface area contributed by atoms with Crippen LogP contribution >= 0.6 is 0 Å². The molecule has 120 valence electrons. The molecule has 1 aromatic heterocycles. The van der Waals surface area contributed by atoms with Crippen molar-refractivity contribution in [1.82, 2.24) is 19.8 Å². The summed E-state index contributed by atoms with van der Waals surface area (Å²) in [4.78, 5) is 0.262. The fraction of sp³-hybridized carbons (Fsp3) is 0.786. The number of nitrogens with zero attached hydrogens (tertiary/aromatic N) is 2. The summed E-state index contributed by atoms with van der Waals surface area (Å²) in [5, 5.41) is 7.40. The zero-order chi connectivity index (χ0) is 15.3. The largest absolute Gasteiger partial charge is 0.315 e. The Morgan fingerprint density at radius 2 is 2.19 bits per heavy atom. The van der Waals surface area contributed by atoms with Gasteiger partial charge in [0.15, 0.2) is 0 Å². The molecule has 0 radical (unpaired) electrons. The highest BCUT2D eigenvalue weighted by Crippen LogP contribution is 2.25. The number of sulfonamides is 1. The van der Waals surface area contributed by atoms with Gasteiger partial charge >= 0.3 is 0 Å². The van der Waals surface area contributed by atoms with Crippen LogP contribution < -0.4 is 10.0 Å². The predicted octanol–water partition coefficient (Wildman–Crippen LogP) is 1.35. The molecule has 1 aliphatic rings. The Morgan fingerprint density at radius 3 is 2.86 bits per heavy atom. The summed E-state index contributed by atoms with van der Waals surface area (Å²) in [5.74, 6) is 0.602. The summed E-state index contributed by atoms with van der Waals surface area (Å²) in [6.45, 7) is 6.71. The summed E-state index contributed by atoms with van der Waals surface area (Å²) >= 11 is 0. The highest BCUT2D eigenvalue weighted by molar-refractivity contribution is 7.89. The van der Waals surface area contributed by atoms with E-state index >= 15 is 0 Å². The lowest BCUT2D eigenvalue weighted by Crippen LogP contribution is -2.32. The Hall–Kier alpha value is -0.920. The van der Waals surface area contributed by atoms with Crippen molar-refractivity contribution in [2.24, 2.45) is 5.92 Å². The van der Waals surface area contributed by atoms with E-state index in [1.54, 1.807) is 10.9 Å². The monoisotopic (exact) mass is 314 g/mol. The fourth-order valence-corrected chi connectivity index (χ4v) is 3.94. The van der Waals surface area contributed by atoms with Gasteiger partial charge in [-0.25, -0.2) is 13.1 Å². The first-order valence-electron chi connectivity index (χ1n) is 7.76. The molecule has 0 saturated heterocycles. The van der Waals surface area contributed by atoms with E-state index in [1.807, 2.05) is 0 Å². The van der Waals surface area contributed by atoms with Gasteiger partial charge in [-0.15, -0.1) is 0 Å². The van der Waals surface area contributed by atoms with Crippen LogP contribution in [0, 0.1) is 5.92 Å². The first-order valence-corrected chi connectivity index (χ1v) is 9.25. The van der Waals surface area contributed by atoms with Crippen LogP contribution in [0.3, 0.4) is 0 Å². The zero-order valence-electron chi connectivity index (χ0n) is 12.9. The van der Waals surface area contributed by atoms with Crippen LogP contribution in [0.4, 0.5) is 0 Å². The van der Waals surface area contributed by atoms with Crippen molar-refractivity contribution in [1.29, 1.82) is 0 Å². The Balaban J connectivity index is 1.89. The summed E-state index contributed by atoms with van der Waals surface area (Å²) in [6, 6.07) is 0.0690. The summed E-state index contributed by atoms with van der Waals surface area (Å²) < 4.78 is 29.1. The van der Waals surface area contributed by atoms with E-state index in [0.29, 0.717) is 12.5 Å². The molecule has 0 aliphatic heterocycles. The second-order valence-electron chi connectivity index (χ2n) is 5.93. The Kier molecular flexibility index (Phi) is 5.78. The lowest BCUT2D eigenvalue weighted by molar-refractivity contribution is 0.537. The van der Waals surface area contributed by atoms with Gasteiger partial charge in [-0.05, 0) is 38.1 Å². The molecule has 7 heteroatoms. The smallest absolute Gasteiger partial charge is 0.243 e. The molecular formula is C14H26N4O2S. The zero-order valence-corrected chi connectivity index (χ0v) is 13.7. The first kappa shape index (κ1) is 16.5. The van der Waals surface area contributed by atoms with Crippen LogP contribution in [0.1, 0.15) is 39.5 Å². The molecule has 2 rings (SSSR count). The molecule has 2 unspecified atom stereocenters. The Labute approximate surface area is 127 Å². The van der Waals surface area contributed by atoms with Gasteiger partial charge in [0, 0.05) is 18.8 Å². The van der Waals surface area contributed by atoms with E-state index in [2.05, 4.69) is 29.0 Å². The number of nitrogens with one attached hydrogen (secondary N) is 2. The SMILES string of the molecule is CCCNCCn1cc(S(=O)(=O)NC2CCC(C)C2)cn1. The molecule has 0 spiro atoms. The molecule has 1 aromatic rings. The molecule has 0 aromatic carbocycles. The first-order chi connectivity index (χ1) is 10.0. The van der Waals surface area contributed by atoms with E-state index in [1.165, 1.54) is 6.20 Å². The third kappa shape index (κ3) is 4.79. The van der Waals surface area contributed by atoms with E-state index < -0.39 is 10.0 Å².